The highest BCUT2D eigenvalue weighted by Gasteiger charge is 2.16. The van der Waals surface area contributed by atoms with Gasteiger partial charge in [-0.3, -0.25) is 14.6 Å². The lowest BCUT2D eigenvalue weighted by Crippen LogP contribution is -2.28. The Kier molecular flexibility index (Phi) is 2.22. The predicted octanol–water partition coefficient (Wildman–Crippen LogP) is 0.180. The van der Waals surface area contributed by atoms with Crippen molar-refractivity contribution in [2.75, 3.05) is 13.1 Å². The fourth-order valence-electron chi connectivity index (χ4n) is 1.84. The largest absolute Gasteiger partial charge is 0.316 e. The van der Waals surface area contributed by atoms with Crippen molar-refractivity contribution < 1.29 is 0 Å². The monoisotopic (exact) mass is 181 g/mol. The first-order valence-electron chi connectivity index (χ1n) is 4.74. The van der Waals surface area contributed by atoms with Crippen LogP contribution in [-0.4, -0.2) is 22.9 Å². The number of aromatic nitrogens is 2. The van der Waals surface area contributed by atoms with Gasteiger partial charge in [0.25, 0.3) is 5.56 Å². The van der Waals surface area contributed by atoms with E-state index in [0.717, 1.165) is 18.8 Å². The molecule has 1 fully saturated rings. The minimum atomic E-state index is 0.0561. The molecule has 2 heterocycles. The number of nitrogens with zero attached hydrogens (tertiary/aromatic N) is 1. The van der Waals surface area contributed by atoms with E-state index < -0.39 is 0 Å². The second kappa shape index (κ2) is 3.38. The van der Waals surface area contributed by atoms with Gasteiger partial charge in [0.2, 0.25) is 0 Å². The van der Waals surface area contributed by atoms with E-state index in [1.807, 2.05) is 0 Å². The zero-order chi connectivity index (χ0) is 9.26. The number of nitrogens with one attached hydrogen (secondary N) is 2. The number of hydrogen-bond donors (Lipinski definition) is 2. The Bertz CT molecular complexity index is 333. The third-order valence-electron chi connectivity index (χ3n) is 2.64. The van der Waals surface area contributed by atoms with Gasteiger partial charge in [0.1, 0.15) is 0 Å². The summed E-state index contributed by atoms with van der Waals surface area (Å²) in [4.78, 5) is 11.2. The minimum Gasteiger partial charge on any atom is -0.316 e. The fraction of sp³-hybridized carbons (Fsp3) is 0.667. The van der Waals surface area contributed by atoms with E-state index in [0.29, 0.717) is 5.92 Å². The van der Waals surface area contributed by atoms with Crippen molar-refractivity contribution in [2.45, 2.75) is 18.8 Å². The first-order chi connectivity index (χ1) is 6.27. The van der Waals surface area contributed by atoms with Crippen LogP contribution in [0.5, 0.6) is 0 Å². The van der Waals surface area contributed by atoms with E-state index in [1.54, 1.807) is 13.1 Å². The normalized spacial score (nSPS) is 23.3. The molecular formula is C9H15N3O. The van der Waals surface area contributed by atoms with Crippen LogP contribution >= 0.6 is 0 Å². The molecule has 0 bridgehead atoms. The van der Waals surface area contributed by atoms with Crippen molar-refractivity contribution in [3.05, 3.63) is 22.1 Å². The second-order valence-electron chi connectivity index (χ2n) is 3.65. The topological polar surface area (TPSA) is 49.8 Å². The van der Waals surface area contributed by atoms with E-state index in [9.17, 15) is 4.79 Å². The van der Waals surface area contributed by atoms with Gasteiger partial charge in [0.05, 0.1) is 0 Å². The molecule has 1 aromatic heterocycles. The minimum absolute atomic E-state index is 0.0561. The fourth-order valence-corrected chi connectivity index (χ4v) is 1.84. The van der Waals surface area contributed by atoms with Crippen molar-refractivity contribution >= 4 is 0 Å². The third-order valence-corrected chi connectivity index (χ3v) is 2.64. The van der Waals surface area contributed by atoms with Crippen LogP contribution in [-0.2, 0) is 7.05 Å². The lowest BCUT2D eigenvalue weighted by atomic mass is 9.96. The summed E-state index contributed by atoms with van der Waals surface area (Å²) >= 11 is 0. The third kappa shape index (κ3) is 1.67. The summed E-state index contributed by atoms with van der Waals surface area (Å²) in [6.07, 6.45) is 2.37. The van der Waals surface area contributed by atoms with Crippen LogP contribution in [0.4, 0.5) is 0 Å². The van der Waals surface area contributed by atoms with Crippen LogP contribution in [0.3, 0.4) is 0 Å². The second-order valence-corrected chi connectivity index (χ2v) is 3.65. The van der Waals surface area contributed by atoms with Gasteiger partial charge < -0.3 is 5.32 Å². The van der Waals surface area contributed by atoms with Crippen LogP contribution in [0, 0.1) is 0 Å². The lowest BCUT2D eigenvalue weighted by Gasteiger charge is -2.21. The lowest BCUT2D eigenvalue weighted by molar-refractivity contribution is 0.451. The summed E-state index contributed by atoms with van der Waals surface area (Å²) in [7, 11) is 1.75. The maximum Gasteiger partial charge on any atom is 0.266 e. The van der Waals surface area contributed by atoms with Gasteiger partial charge in [-0.2, -0.15) is 0 Å². The summed E-state index contributed by atoms with van der Waals surface area (Å²) in [6, 6.07) is 1.71. The molecule has 72 valence electrons. The first-order valence-corrected chi connectivity index (χ1v) is 4.74. The standard InChI is InChI=1S/C9H15N3O/c1-12-9(13)5-8(11-12)7-3-2-4-10-6-7/h5,7,10-11H,2-4,6H2,1H3/t7-/m0/s1. The molecular weight excluding hydrogens is 166 g/mol. The van der Waals surface area contributed by atoms with Crippen LogP contribution in [0.1, 0.15) is 24.5 Å². The van der Waals surface area contributed by atoms with Crippen molar-refractivity contribution in [2.24, 2.45) is 7.05 Å². The van der Waals surface area contributed by atoms with Crippen molar-refractivity contribution in [3.8, 4) is 0 Å². The molecule has 13 heavy (non-hydrogen) atoms. The van der Waals surface area contributed by atoms with Crippen LogP contribution in [0.25, 0.3) is 0 Å². The maximum atomic E-state index is 11.2. The zero-order valence-corrected chi connectivity index (χ0v) is 7.84. The van der Waals surface area contributed by atoms with Crippen LogP contribution < -0.4 is 10.9 Å². The molecule has 1 saturated heterocycles. The molecule has 0 saturated carbocycles. The van der Waals surface area contributed by atoms with Crippen molar-refractivity contribution in [1.82, 2.24) is 15.1 Å². The molecule has 2 N–H and O–H groups in total. The molecule has 0 aliphatic carbocycles. The van der Waals surface area contributed by atoms with Crippen LogP contribution in [0.15, 0.2) is 10.9 Å². The van der Waals surface area contributed by atoms with Crippen molar-refractivity contribution in [3.63, 3.8) is 0 Å². The highest BCUT2D eigenvalue weighted by molar-refractivity contribution is 5.08. The van der Waals surface area contributed by atoms with Gasteiger partial charge in [-0.05, 0) is 19.4 Å². The highest BCUT2D eigenvalue weighted by Crippen LogP contribution is 2.19. The number of rotatable bonds is 1. The Morgan fingerprint density at radius 1 is 1.62 bits per heavy atom. The Hall–Kier alpha value is -1.03. The first kappa shape index (κ1) is 8.56. The average Bonchev–Trinajstić information content (AvgIpc) is 2.49. The zero-order valence-electron chi connectivity index (χ0n) is 7.84. The Morgan fingerprint density at radius 3 is 3.00 bits per heavy atom. The molecule has 4 heteroatoms. The van der Waals surface area contributed by atoms with Gasteiger partial charge in [0.15, 0.2) is 0 Å². The molecule has 4 nitrogen and oxygen atoms in total. The SMILES string of the molecule is Cn1[nH]c([C@H]2CCCNC2)cc1=O. The Balaban J connectivity index is 2.19. The number of hydrogen-bond acceptors (Lipinski definition) is 2. The number of aryl methyl sites for hydroxylation is 1. The molecule has 0 aromatic carbocycles. The molecule has 0 unspecified atom stereocenters. The van der Waals surface area contributed by atoms with Gasteiger partial charge >= 0.3 is 0 Å². The molecule has 1 aromatic rings. The molecule has 1 aliphatic heterocycles. The molecule has 0 amide bonds. The summed E-state index contributed by atoms with van der Waals surface area (Å²) < 4.78 is 1.53. The van der Waals surface area contributed by atoms with Gasteiger partial charge in [-0.1, -0.05) is 0 Å². The Labute approximate surface area is 76.9 Å². The van der Waals surface area contributed by atoms with Gasteiger partial charge in [-0.25, -0.2) is 0 Å². The molecule has 0 radical (unpaired) electrons. The number of piperidine rings is 1. The van der Waals surface area contributed by atoms with E-state index in [-0.39, 0.29) is 5.56 Å². The Morgan fingerprint density at radius 2 is 2.46 bits per heavy atom. The van der Waals surface area contributed by atoms with E-state index in [1.165, 1.54) is 17.5 Å². The summed E-state index contributed by atoms with van der Waals surface area (Å²) in [5.41, 5.74) is 1.13. The van der Waals surface area contributed by atoms with Crippen LogP contribution in [0.2, 0.25) is 0 Å². The van der Waals surface area contributed by atoms with Crippen molar-refractivity contribution in [1.29, 1.82) is 0 Å². The summed E-state index contributed by atoms with van der Waals surface area (Å²) in [5, 5.41) is 6.41. The number of aromatic amines is 1. The van der Waals surface area contributed by atoms with Gasteiger partial charge in [-0.15, -0.1) is 0 Å². The molecule has 2 rings (SSSR count). The van der Waals surface area contributed by atoms with E-state index >= 15 is 0 Å². The number of H-pyrrole nitrogens is 1. The summed E-state index contributed by atoms with van der Waals surface area (Å²) in [5.74, 6) is 0.489. The quantitative estimate of drug-likeness (QED) is 0.649. The smallest absolute Gasteiger partial charge is 0.266 e. The maximum absolute atomic E-state index is 11.2. The summed E-state index contributed by atoms with van der Waals surface area (Å²) in [6.45, 7) is 2.09. The highest BCUT2D eigenvalue weighted by atomic mass is 16.1. The van der Waals surface area contributed by atoms with E-state index in [2.05, 4.69) is 10.4 Å². The molecule has 0 spiro atoms. The molecule has 1 aliphatic rings. The van der Waals surface area contributed by atoms with Gasteiger partial charge in [0, 0.05) is 31.3 Å². The molecule has 1 atom stereocenters. The predicted molar refractivity (Wildman–Crippen MR) is 50.9 cm³/mol. The van der Waals surface area contributed by atoms with E-state index in [4.69, 9.17) is 0 Å². The average molecular weight is 181 g/mol.